The Morgan fingerprint density at radius 1 is 0.339 bits per heavy atom. The monoisotopic (exact) mass is 752 g/mol. The zero-order chi connectivity index (χ0) is 38.6. The van der Waals surface area contributed by atoms with Crippen LogP contribution in [0.4, 0.5) is 34.1 Å². The van der Waals surface area contributed by atoms with E-state index in [1.165, 1.54) is 39.1 Å². The fourth-order valence-electron chi connectivity index (χ4n) is 10.0. The predicted octanol–water partition coefficient (Wildman–Crippen LogP) is 12.9. The van der Waals surface area contributed by atoms with Gasteiger partial charge in [-0.3, -0.25) is 0 Å². The van der Waals surface area contributed by atoms with Gasteiger partial charge in [-0.1, -0.05) is 127 Å². The van der Waals surface area contributed by atoms with Crippen LogP contribution in [0.3, 0.4) is 0 Å². The molecule has 0 N–H and O–H groups in total. The van der Waals surface area contributed by atoms with Crippen molar-refractivity contribution in [1.29, 1.82) is 0 Å². The lowest BCUT2D eigenvalue weighted by Gasteiger charge is -2.44. The van der Waals surface area contributed by atoms with Crippen LogP contribution in [0, 0.1) is 0 Å². The first-order chi connectivity index (χ1) is 29.3. The summed E-state index contributed by atoms with van der Waals surface area (Å²) in [6, 6.07) is 72.1. The van der Waals surface area contributed by atoms with Gasteiger partial charge in [0.25, 0.3) is 6.71 Å². The van der Waals surface area contributed by atoms with E-state index in [1.54, 1.807) is 0 Å². The molecule has 2 aromatic heterocycles. The Labute approximate surface area is 340 Å². The Hall–Kier alpha value is -7.76. The summed E-state index contributed by atoms with van der Waals surface area (Å²) >= 11 is 0. The standard InChI is InChI=1S/C54H33BN2O2/c1-3-14-36(15-4-1)56-44-22-13-23-45-54(44)55(42-30-28-34(32-46(42)56)38-20-11-26-50-52(38)40-18-7-9-24-48(40)58-50)43-31-29-35(33-47(43)57(45)37-16-5-2-6-17-37)39-21-12-27-51-53(39)41-19-8-10-25-49(41)59-51/h1-33H. The molecule has 0 amide bonds. The van der Waals surface area contributed by atoms with E-state index in [0.29, 0.717) is 0 Å². The molecule has 13 rings (SSSR count). The molecule has 0 saturated carbocycles. The zero-order valence-corrected chi connectivity index (χ0v) is 31.8. The first kappa shape index (κ1) is 32.3. The maximum atomic E-state index is 6.37. The quantitative estimate of drug-likeness (QED) is 0.168. The van der Waals surface area contributed by atoms with E-state index in [0.717, 1.165) is 77.5 Å². The van der Waals surface area contributed by atoms with Crippen LogP contribution in [0.5, 0.6) is 0 Å². The highest BCUT2D eigenvalue weighted by atomic mass is 16.3. The topological polar surface area (TPSA) is 32.8 Å². The smallest absolute Gasteiger partial charge is 0.252 e. The fraction of sp³-hybridized carbons (Fsp3) is 0. The normalized spacial score (nSPS) is 13.0. The van der Waals surface area contributed by atoms with Gasteiger partial charge in [0, 0.05) is 55.7 Å². The lowest BCUT2D eigenvalue weighted by atomic mass is 9.33. The lowest BCUT2D eigenvalue weighted by Crippen LogP contribution is -2.61. The van der Waals surface area contributed by atoms with E-state index < -0.39 is 0 Å². The van der Waals surface area contributed by atoms with E-state index in [2.05, 4.69) is 198 Å². The molecule has 274 valence electrons. The first-order valence-corrected chi connectivity index (χ1v) is 20.2. The summed E-state index contributed by atoms with van der Waals surface area (Å²) in [6.07, 6.45) is 0. The van der Waals surface area contributed by atoms with Crippen molar-refractivity contribution in [3.8, 4) is 22.3 Å². The van der Waals surface area contributed by atoms with E-state index in [9.17, 15) is 0 Å². The van der Waals surface area contributed by atoms with Crippen LogP contribution in [-0.4, -0.2) is 6.71 Å². The molecular weight excluding hydrogens is 719 g/mol. The van der Waals surface area contributed by atoms with Crippen molar-refractivity contribution in [2.75, 3.05) is 9.80 Å². The molecule has 5 heteroatoms. The third-order valence-corrected chi connectivity index (χ3v) is 12.5. The van der Waals surface area contributed by atoms with Crippen molar-refractivity contribution in [3.63, 3.8) is 0 Å². The maximum Gasteiger partial charge on any atom is 0.252 e. The SMILES string of the molecule is c1ccc(N2c3cc(-c4cccc5oc6ccccc6c45)ccc3B3c4ccc(-c5cccc6oc7ccccc7c56)cc4N(c4ccccc4)c4cccc2c43)cc1. The summed E-state index contributed by atoms with van der Waals surface area (Å²) in [7, 11) is 0. The van der Waals surface area contributed by atoms with Crippen LogP contribution in [0.25, 0.3) is 66.1 Å². The summed E-state index contributed by atoms with van der Waals surface area (Å²) in [5.74, 6) is 0. The molecule has 4 heterocycles. The Morgan fingerprint density at radius 2 is 0.763 bits per heavy atom. The molecule has 9 aromatic carbocycles. The summed E-state index contributed by atoms with van der Waals surface area (Å²) in [5, 5.41) is 4.54. The molecule has 0 unspecified atom stereocenters. The van der Waals surface area contributed by atoms with Crippen molar-refractivity contribution in [3.05, 3.63) is 200 Å². The number of para-hydroxylation sites is 4. The van der Waals surface area contributed by atoms with Gasteiger partial charge in [-0.25, -0.2) is 0 Å². The highest BCUT2D eigenvalue weighted by molar-refractivity contribution is 7.00. The Bertz CT molecular complexity index is 3250. The van der Waals surface area contributed by atoms with Gasteiger partial charge in [0.2, 0.25) is 0 Å². The lowest BCUT2D eigenvalue weighted by molar-refractivity contribution is 0.668. The first-order valence-electron chi connectivity index (χ1n) is 20.2. The van der Waals surface area contributed by atoms with Crippen molar-refractivity contribution >= 4 is 101 Å². The molecular formula is C54H33BN2O2. The molecule has 0 spiro atoms. The Morgan fingerprint density at radius 3 is 1.25 bits per heavy atom. The molecule has 0 saturated heterocycles. The van der Waals surface area contributed by atoms with Crippen molar-refractivity contribution in [2.45, 2.75) is 0 Å². The van der Waals surface area contributed by atoms with Gasteiger partial charge in [0.05, 0.1) is 0 Å². The summed E-state index contributed by atoms with van der Waals surface area (Å²) < 4.78 is 12.7. The molecule has 0 fully saturated rings. The minimum atomic E-state index is -0.00896. The van der Waals surface area contributed by atoms with Crippen LogP contribution in [0.2, 0.25) is 0 Å². The second-order valence-corrected chi connectivity index (χ2v) is 15.6. The zero-order valence-electron chi connectivity index (χ0n) is 31.8. The van der Waals surface area contributed by atoms with Crippen LogP contribution in [0.15, 0.2) is 209 Å². The number of hydrogen-bond donors (Lipinski definition) is 0. The van der Waals surface area contributed by atoms with E-state index in [-0.39, 0.29) is 6.71 Å². The van der Waals surface area contributed by atoms with Gasteiger partial charge >= 0.3 is 0 Å². The number of furan rings is 2. The number of fused-ring (bicyclic) bond motifs is 10. The molecule has 11 aromatic rings. The van der Waals surface area contributed by atoms with Crippen LogP contribution in [0.1, 0.15) is 0 Å². The highest BCUT2D eigenvalue weighted by Crippen LogP contribution is 2.47. The van der Waals surface area contributed by atoms with Crippen LogP contribution in [-0.2, 0) is 0 Å². The fourth-order valence-corrected chi connectivity index (χ4v) is 10.0. The minimum absolute atomic E-state index is 0.00896. The van der Waals surface area contributed by atoms with Crippen molar-refractivity contribution in [2.24, 2.45) is 0 Å². The van der Waals surface area contributed by atoms with Gasteiger partial charge < -0.3 is 18.6 Å². The molecule has 0 radical (unpaired) electrons. The molecule has 2 aliphatic rings. The van der Waals surface area contributed by atoms with Crippen LogP contribution >= 0.6 is 0 Å². The van der Waals surface area contributed by atoms with E-state index in [1.807, 2.05) is 12.1 Å². The number of nitrogens with zero attached hydrogens (tertiary/aromatic N) is 2. The predicted molar refractivity (Wildman–Crippen MR) is 246 cm³/mol. The minimum Gasteiger partial charge on any atom is -0.456 e. The molecule has 4 nitrogen and oxygen atoms in total. The van der Waals surface area contributed by atoms with Gasteiger partial charge in [-0.2, -0.15) is 0 Å². The van der Waals surface area contributed by atoms with Gasteiger partial charge in [0.15, 0.2) is 0 Å². The van der Waals surface area contributed by atoms with Gasteiger partial charge in [-0.05, 0) is 111 Å². The van der Waals surface area contributed by atoms with Crippen molar-refractivity contribution in [1.82, 2.24) is 0 Å². The van der Waals surface area contributed by atoms with E-state index in [4.69, 9.17) is 8.83 Å². The van der Waals surface area contributed by atoms with Crippen LogP contribution < -0.4 is 26.2 Å². The third kappa shape index (κ3) is 4.67. The third-order valence-electron chi connectivity index (χ3n) is 12.5. The summed E-state index contributed by atoms with van der Waals surface area (Å²) in [6.45, 7) is -0.00896. The molecule has 59 heavy (non-hydrogen) atoms. The number of rotatable bonds is 4. The Kier molecular flexibility index (Phi) is 6.78. The van der Waals surface area contributed by atoms with Gasteiger partial charge in [0.1, 0.15) is 22.3 Å². The number of benzene rings is 9. The maximum absolute atomic E-state index is 6.37. The second kappa shape index (κ2) is 12.4. The molecule has 2 aliphatic heterocycles. The van der Waals surface area contributed by atoms with Gasteiger partial charge in [-0.15, -0.1) is 0 Å². The van der Waals surface area contributed by atoms with E-state index >= 15 is 0 Å². The summed E-state index contributed by atoms with van der Waals surface area (Å²) in [4.78, 5) is 4.93. The largest absolute Gasteiger partial charge is 0.456 e. The average molecular weight is 753 g/mol. The number of anilines is 6. The molecule has 0 atom stereocenters. The Balaban J connectivity index is 1.08. The number of hydrogen-bond acceptors (Lipinski definition) is 4. The molecule has 0 bridgehead atoms. The second-order valence-electron chi connectivity index (χ2n) is 15.6. The van der Waals surface area contributed by atoms with Crippen molar-refractivity contribution < 1.29 is 8.83 Å². The average Bonchev–Trinajstić information content (AvgIpc) is 3.88. The molecule has 0 aliphatic carbocycles. The summed E-state index contributed by atoms with van der Waals surface area (Å²) in [5.41, 5.74) is 19.0. The highest BCUT2D eigenvalue weighted by Gasteiger charge is 2.43.